The van der Waals surface area contributed by atoms with Crippen molar-refractivity contribution in [2.24, 2.45) is 0 Å². The third-order valence-electron chi connectivity index (χ3n) is 3.61. The quantitative estimate of drug-likeness (QED) is 0.649. The Morgan fingerprint density at radius 2 is 1.65 bits per heavy atom. The van der Waals surface area contributed by atoms with Crippen LogP contribution in [0.15, 0.2) is 60.7 Å². The fourth-order valence-electron chi connectivity index (χ4n) is 2.23. The lowest BCUT2D eigenvalue weighted by Crippen LogP contribution is -2.19. The van der Waals surface area contributed by atoms with Gasteiger partial charge in [-0.3, -0.25) is 0 Å². The summed E-state index contributed by atoms with van der Waals surface area (Å²) < 4.78 is 9.97. The predicted molar refractivity (Wildman–Crippen MR) is 91.7 cm³/mol. The number of carbonyl (C=O) groups excluding carboxylic acids is 1. The molecule has 23 heavy (non-hydrogen) atoms. The van der Waals surface area contributed by atoms with Crippen LogP contribution in [-0.4, -0.2) is 20.2 Å². The van der Waals surface area contributed by atoms with Crippen molar-refractivity contribution in [1.82, 2.24) is 0 Å². The third-order valence-corrected chi connectivity index (χ3v) is 3.61. The number of rotatable bonds is 6. The zero-order valence-electron chi connectivity index (χ0n) is 13.6. The molecule has 0 heterocycles. The van der Waals surface area contributed by atoms with Gasteiger partial charge in [-0.2, -0.15) is 0 Å². The van der Waals surface area contributed by atoms with Crippen LogP contribution in [-0.2, 0) is 9.53 Å². The van der Waals surface area contributed by atoms with E-state index >= 15 is 0 Å². The average Bonchev–Trinajstić information content (AvgIpc) is 2.59. The first-order valence-corrected chi connectivity index (χ1v) is 7.29. The van der Waals surface area contributed by atoms with E-state index in [0.717, 1.165) is 22.6 Å². The SMILES string of the molecule is C=C(C(=O)OC)C(Nc1ccc(OC)cc1)c1ccc(C)cc1. The number of esters is 1. The van der Waals surface area contributed by atoms with Gasteiger partial charge in [-0.15, -0.1) is 0 Å². The molecule has 4 nitrogen and oxygen atoms in total. The third kappa shape index (κ3) is 4.13. The molecule has 1 N–H and O–H groups in total. The van der Waals surface area contributed by atoms with E-state index in [1.807, 2.05) is 55.5 Å². The molecule has 0 bridgehead atoms. The number of nitrogens with one attached hydrogen (secondary N) is 1. The van der Waals surface area contributed by atoms with E-state index in [1.165, 1.54) is 7.11 Å². The van der Waals surface area contributed by atoms with Crippen LogP contribution < -0.4 is 10.1 Å². The van der Waals surface area contributed by atoms with E-state index in [9.17, 15) is 4.79 Å². The van der Waals surface area contributed by atoms with Gasteiger partial charge in [0.1, 0.15) is 5.75 Å². The number of ether oxygens (including phenoxy) is 2. The maximum absolute atomic E-state index is 11.9. The number of hydrogen-bond donors (Lipinski definition) is 1. The monoisotopic (exact) mass is 311 g/mol. The van der Waals surface area contributed by atoms with Gasteiger partial charge >= 0.3 is 5.97 Å². The Hall–Kier alpha value is -2.75. The van der Waals surface area contributed by atoms with Gasteiger partial charge in [0.2, 0.25) is 0 Å². The Morgan fingerprint density at radius 3 is 2.17 bits per heavy atom. The first-order chi connectivity index (χ1) is 11.0. The van der Waals surface area contributed by atoms with E-state index in [0.29, 0.717) is 5.57 Å². The highest BCUT2D eigenvalue weighted by atomic mass is 16.5. The Balaban J connectivity index is 2.30. The van der Waals surface area contributed by atoms with Gasteiger partial charge in [-0.05, 0) is 36.8 Å². The molecule has 1 unspecified atom stereocenters. The van der Waals surface area contributed by atoms with Crippen LogP contribution in [0.1, 0.15) is 17.2 Å². The molecule has 0 amide bonds. The molecule has 2 rings (SSSR count). The lowest BCUT2D eigenvalue weighted by Gasteiger charge is -2.21. The zero-order valence-corrected chi connectivity index (χ0v) is 13.6. The molecule has 0 fully saturated rings. The summed E-state index contributed by atoms with van der Waals surface area (Å²) in [5, 5.41) is 3.33. The first kappa shape index (κ1) is 16.6. The molecule has 0 spiro atoms. The molecule has 0 radical (unpaired) electrons. The number of anilines is 1. The van der Waals surface area contributed by atoms with Crippen LogP contribution in [0.2, 0.25) is 0 Å². The Morgan fingerprint density at radius 1 is 1.04 bits per heavy atom. The minimum absolute atomic E-state index is 0.354. The topological polar surface area (TPSA) is 47.6 Å². The van der Waals surface area contributed by atoms with E-state index < -0.39 is 5.97 Å². The Labute approximate surface area is 136 Å². The van der Waals surface area contributed by atoms with Crippen LogP contribution in [0.3, 0.4) is 0 Å². The maximum atomic E-state index is 11.9. The summed E-state index contributed by atoms with van der Waals surface area (Å²) in [5.41, 5.74) is 3.32. The van der Waals surface area contributed by atoms with Gasteiger partial charge in [0.25, 0.3) is 0 Å². The van der Waals surface area contributed by atoms with E-state index in [4.69, 9.17) is 9.47 Å². The maximum Gasteiger partial charge on any atom is 0.335 e. The molecule has 120 valence electrons. The summed E-state index contributed by atoms with van der Waals surface area (Å²) in [6.07, 6.45) is 0. The summed E-state index contributed by atoms with van der Waals surface area (Å²) in [5.74, 6) is 0.339. The summed E-state index contributed by atoms with van der Waals surface area (Å²) in [7, 11) is 2.98. The molecule has 2 aromatic carbocycles. The second-order valence-corrected chi connectivity index (χ2v) is 5.23. The Bertz CT molecular complexity index is 675. The van der Waals surface area contributed by atoms with E-state index in [-0.39, 0.29) is 6.04 Å². The fraction of sp³-hybridized carbons (Fsp3) is 0.211. The highest BCUT2D eigenvalue weighted by Gasteiger charge is 2.21. The lowest BCUT2D eigenvalue weighted by molar-refractivity contribution is -0.136. The Kier molecular flexibility index (Phi) is 5.41. The van der Waals surface area contributed by atoms with Gasteiger partial charge in [0, 0.05) is 5.69 Å². The average molecular weight is 311 g/mol. The highest BCUT2D eigenvalue weighted by Crippen LogP contribution is 2.27. The number of carbonyl (C=O) groups is 1. The van der Waals surface area contributed by atoms with E-state index in [2.05, 4.69) is 11.9 Å². The second kappa shape index (κ2) is 7.49. The van der Waals surface area contributed by atoms with Gasteiger partial charge in [0.05, 0.1) is 25.8 Å². The molecule has 0 saturated heterocycles. The van der Waals surface area contributed by atoms with Crippen LogP contribution in [0, 0.1) is 6.92 Å². The van der Waals surface area contributed by atoms with Crippen molar-refractivity contribution in [3.63, 3.8) is 0 Å². The van der Waals surface area contributed by atoms with Gasteiger partial charge in [-0.1, -0.05) is 36.4 Å². The number of aryl methyl sites for hydroxylation is 1. The molecular formula is C19H21NO3. The fourth-order valence-corrected chi connectivity index (χ4v) is 2.23. The molecular weight excluding hydrogens is 290 g/mol. The normalized spacial score (nSPS) is 11.4. The number of benzene rings is 2. The molecule has 2 aromatic rings. The van der Waals surface area contributed by atoms with Crippen molar-refractivity contribution in [3.05, 3.63) is 71.8 Å². The number of hydrogen-bond acceptors (Lipinski definition) is 4. The number of methoxy groups -OCH3 is 2. The van der Waals surface area contributed by atoms with Crippen LogP contribution in [0.5, 0.6) is 5.75 Å². The standard InChI is InChI=1S/C19H21NO3/c1-13-5-7-15(8-6-13)18(14(2)19(21)23-4)20-16-9-11-17(22-3)12-10-16/h5-12,18,20H,2H2,1,3-4H3. The van der Waals surface area contributed by atoms with Gasteiger partial charge in [0.15, 0.2) is 0 Å². The molecule has 0 aliphatic heterocycles. The smallest absolute Gasteiger partial charge is 0.335 e. The summed E-state index contributed by atoms with van der Waals surface area (Å²) in [6, 6.07) is 15.1. The van der Waals surface area contributed by atoms with E-state index in [1.54, 1.807) is 7.11 Å². The molecule has 0 aliphatic rings. The minimum Gasteiger partial charge on any atom is -0.497 e. The summed E-state index contributed by atoms with van der Waals surface area (Å²) in [6.45, 7) is 5.91. The molecule has 4 heteroatoms. The largest absolute Gasteiger partial charge is 0.497 e. The molecule has 1 atom stereocenters. The van der Waals surface area contributed by atoms with Gasteiger partial charge < -0.3 is 14.8 Å². The molecule has 0 aliphatic carbocycles. The summed E-state index contributed by atoms with van der Waals surface area (Å²) in [4.78, 5) is 11.9. The van der Waals surface area contributed by atoms with Crippen LogP contribution in [0.25, 0.3) is 0 Å². The minimum atomic E-state index is -0.434. The first-order valence-electron chi connectivity index (χ1n) is 7.29. The summed E-state index contributed by atoms with van der Waals surface area (Å²) >= 11 is 0. The van der Waals surface area contributed by atoms with Crippen LogP contribution in [0.4, 0.5) is 5.69 Å². The van der Waals surface area contributed by atoms with Crippen LogP contribution >= 0.6 is 0 Å². The van der Waals surface area contributed by atoms with Crippen molar-refractivity contribution in [2.45, 2.75) is 13.0 Å². The van der Waals surface area contributed by atoms with Crippen molar-refractivity contribution in [3.8, 4) is 5.75 Å². The zero-order chi connectivity index (χ0) is 16.8. The van der Waals surface area contributed by atoms with Crippen molar-refractivity contribution >= 4 is 11.7 Å². The molecule has 0 aromatic heterocycles. The van der Waals surface area contributed by atoms with Crippen molar-refractivity contribution < 1.29 is 14.3 Å². The second-order valence-electron chi connectivity index (χ2n) is 5.23. The van der Waals surface area contributed by atoms with Crippen molar-refractivity contribution in [1.29, 1.82) is 0 Å². The highest BCUT2D eigenvalue weighted by molar-refractivity contribution is 5.90. The predicted octanol–water partition coefficient (Wildman–Crippen LogP) is 3.89. The lowest BCUT2D eigenvalue weighted by atomic mass is 9.98. The molecule has 0 saturated carbocycles. The van der Waals surface area contributed by atoms with Gasteiger partial charge in [-0.25, -0.2) is 4.79 Å². The van der Waals surface area contributed by atoms with Crippen molar-refractivity contribution in [2.75, 3.05) is 19.5 Å².